The number of benzene rings is 2. The number of carbonyl (C=O) groups is 1. The first kappa shape index (κ1) is 20.7. The van der Waals surface area contributed by atoms with Gasteiger partial charge in [-0.25, -0.2) is 4.68 Å². The van der Waals surface area contributed by atoms with Crippen LogP contribution in [0.4, 0.5) is 5.69 Å². The Kier molecular flexibility index (Phi) is 5.51. The average Bonchev–Trinajstić information content (AvgIpc) is 3.24. The van der Waals surface area contributed by atoms with Gasteiger partial charge in [0.25, 0.3) is 5.91 Å². The molecule has 0 radical (unpaired) electrons. The van der Waals surface area contributed by atoms with Gasteiger partial charge in [-0.15, -0.1) is 0 Å². The molecule has 0 saturated heterocycles. The third-order valence-corrected chi connectivity index (χ3v) is 5.93. The standard InChI is InChI=1S/C26H28N4O/c1-17-16-24(20(4)29(17)19(3)22-12-8-6-9-13-22)26(31)27-25-18(2)28-30(21(25)5)23-14-10-7-11-15-23/h6-16,19H,1-5H3,(H,27,31). The molecule has 31 heavy (non-hydrogen) atoms. The van der Waals surface area contributed by atoms with Gasteiger partial charge in [-0.2, -0.15) is 5.10 Å². The number of rotatable bonds is 5. The molecule has 5 heteroatoms. The Morgan fingerprint density at radius 2 is 1.52 bits per heavy atom. The largest absolute Gasteiger partial charge is 0.341 e. The summed E-state index contributed by atoms with van der Waals surface area (Å²) in [6, 6.07) is 22.4. The molecule has 1 atom stereocenters. The molecule has 2 aromatic heterocycles. The van der Waals surface area contributed by atoms with Gasteiger partial charge in [0.05, 0.1) is 34.4 Å². The lowest BCUT2D eigenvalue weighted by molar-refractivity contribution is 0.102. The Bertz CT molecular complexity index is 1220. The van der Waals surface area contributed by atoms with Crippen LogP contribution in [0.2, 0.25) is 0 Å². The maximum absolute atomic E-state index is 13.2. The highest BCUT2D eigenvalue weighted by atomic mass is 16.1. The number of para-hydroxylation sites is 1. The fourth-order valence-electron chi connectivity index (χ4n) is 4.31. The molecular weight excluding hydrogens is 384 g/mol. The van der Waals surface area contributed by atoms with Crippen molar-refractivity contribution in [3.05, 3.63) is 101 Å². The topological polar surface area (TPSA) is 51.9 Å². The smallest absolute Gasteiger partial charge is 0.257 e. The molecule has 1 unspecified atom stereocenters. The van der Waals surface area contributed by atoms with Gasteiger partial charge in [0.2, 0.25) is 0 Å². The zero-order valence-corrected chi connectivity index (χ0v) is 18.7. The highest BCUT2D eigenvalue weighted by molar-refractivity contribution is 6.06. The molecule has 0 aliphatic heterocycles. The van der Waals surface area contributed by atoms with Gasteiger partial charge in [-0.1, -0.05) is 48.5 Å². The SMILES string of the molecule is Cc1nn(-c2ccccc2)c(C)c1NC(=O)c1cc(C)n(C(C)c2ccccc2)c1C. The molecule has 4 rings (SSSR count). The molecule has 5 nitrogen and oxygen atoms in total. The van der Waals surface area contributed by atoms with Crippen molar-refractivity contribution in [1.29, 1.82) is 0 Å². The third-order valence-electron chi connectivity index (χ3n) is 5.93. The predicted octanol–water partition coefficient (Wildman–Crippen LogP) is 5.77. The molecule has 1 N–H and O–H groups in total. The van der Waals surface area contributed by atoms with Gasteiger partial charge in [0, 0.05) is 11.4 Å². The van der Waals surface area contributed by atoms with E-state index in [-0.39, 0.29) is 11.9 Å². The van der Waals surface area contributed by atoms with E-state index in [0.717, 1.165) is 34.2 Å². The van der Waals surface area contributed by atoms with Crippen LogP contribution in [0, 0.1) is 27.7 Å². The lowest BCUT2D eigenvalue weighted by atomic mass is 10.1. The number of aryl methyl sites for hydroxylation is 2. The quantitative estimate of drug-likeness (QED) is 0.452. The van der Waals surface area contributed by atoms with Crippen LogP contribution in [0.3, 0.4) is 0 Å². The molecule has 1 amide bonds. The molecular formula is C26H28N4O. The van der Waals surface area contributed by atoms with Crippen molar-refractivity contribution in [3.8, 4) is 5.69 Å². The summed E-state index contributed by atoms with van der Waals surface area (Å²) in [4.78, 5) is 13.2. The molecule has 0 spiro atoms. The minimum Gasteiger partial charge on any atom is -0.341 e. The fourth-order valence-corrected chi connectivity index (χ4v) is 4.31. The Balaban J connectivity index is 1.64. The highest BCUT2D eigenvalue weighted by Crippen LogP contribution is 2.28. The lowest BCUT2D eigenvalue weighted by Crippen LogP contribution is -2.16. The van der Waals surface area contributed by atoms with Gasteiger partial charge in [0.15, 0.2) is 0 Å². The van der Waals surface area contributed by atoms with Gasteiger partial charge >= 0.3 is 0 Å². The van der Waals surface area contributed by atoms with Crippen LogP contribution in [0.15, 0.2) is 66.7 Å². The summed E-state index contributed by atoms with van der Waals surface area (Å²) < 4.78 is 4.09. The Morgan fingerprint density at radius 3 is 2.16 bits per heavy atom. The first-order valence-electron chi connectivity index (χ1n) is 10.5. The van der Waals surface area contributed by atoms with Crippen molar-refractivity contribution in [2.24, 2.45) is 0 Å². The molecule has 0 aliphatic rings. The molecule has 2 heterocycles. The summed E-state index contributed by atoms with van der Waals surface area (Å²) in [7, 11) is 0. The van der Waals surface area contributed by atoms with E-state index in [9.17, 15) is 4.79 Å². The maximum Gasteiger partial charge on any atom is 0.257 e. The van der Waals surface area contributed by atoms with E-state index < -0.39 is 0 Å². The third kappa shape index (κ3) is 3.79. The van der Waals surface area contributed by atoms with E-state index in [2.05, 4.69) is 34.0 Å². The number of aromatic nitrogens is 3. The zero-order chi connectivity index (χ0) is 22.1. The molecule has 0 bridgehead atoms. The number of amides is 1. The van der Waals surface area contributed by atoms with Crippen LogP contribution in [0.25, 0.3) is 5.69 Å². The van der Waals surface area contributed by atoms with Crippen molar-refractivity contribution in [1.82, 2.24) is 14.3 Å². The molecule has 4 aromatic rings. The predicted molar refractivity (Wildman–Crippen MR) is 125 cm³/mol. The van der Waals surface area contributed by atoms with E-state index in [0.29, 0.717) is 5.56 Å². The molecule has 2 aromatic carbocycles. The summed E-state index contributed by atoms with van der Waals surface area (Å²) in [5.74, 6) is -0.113. The zero-order valence-electron chi connectivity index (χ0n) is 18.7. The minimum atomic E-state index is -0.113. The summed E-state index contributed by atoms with van der Waals surface area (Å²) in [5, 5.41) is 7.75. The van der Waals surface area contributed by atoms with Crippen LogP contribution in [0.5, 0.6) is 0 Å². The maximum atomic E-state index is 13.2. The number of nitrogens with one attached hydrogen (secondary N) is 1. The molecule has 0 aliphatic carbocycles. The van der Waals surface area contributed by atoms with Gasteiger partial charge in [0.1, 0.15) is 0 Å². The van der Waals surface area contributed by atoms with Gasteiger partial charge in [-0.05, 0) is 58.4 Å². The average molecular weight is 413 g/mol. The van der Waals surface area contributed by atoms with Crippen LogP contribution in [-0.2, 0) is 0 Å². The molecule has 0 saturated carbocycles. The summed E-state index contributed by atoms with van der Waals surface area (Å²) >= 11 is 0. The molecule has 0 fully saturated rings. The number of carbonyl (C=O) groups excluding carboxylic acids is 1. The van der Waals surface area contributed by atoms with E-state index in [4.69, 9.17) is 0 Å². The number of nitrogens with zero attached hydrogens (tertiary/aromatic N) is 3. The van der Waals surface area contributed by atoms with Crippen LogP contribution in [-0.4, -0.2) is 20.3 Å². The fraction of sp³-hybridized carbons (Fsp3) is 0.231. The minimum absolute atomic E-state index is 0.113. The number of anilines is 1. The second kappa shape index (κ2) is 8.26. The monoisotopic (exact) mass is 412 g/mol. The number of hydrogen-bond donors (Lipinski definition) is 1. The second-order valence-electron chi connectivity index (χ2n) is 7.99. The summed E-state index contributed by atoms with van der Waals surface area (Å²) in [5.41, 5.74) is 7.35. The van der Waals surface area contributed by atoms with E-state index >= 15 is 0 Å². The van der Waals surface area contributed by atoms with Crippen LogP contribution < -0.4 is 5.32 Å². The van der Waals surface area contributed by atoms with E-state index in [1.807, 2.05) is 87.0 Å². The van der Waals surface area contributed by atoms with E-state index in [1.54, 1.807) is 0 Å². The Morgan fingerprint density at radius 1 is 0.903 bits per heavy atom. The van der Waals surface area contributed by atoms with Crippen molar-refractivity contribution in [2.75, 3.05) is 5.32 Å². The summed E-state index contributed by atoms with van der Waals surface area (Å²) in [6.45, 7) is 10.1. The second-order valence-corrected chi connectivity index (χ2v) is 7.99. The van der Waals surface area contributed by atoms with Gasteiger partial charge in [-0.3, -0.25) is 4.79 Å². The van der Waals surface area contributed by atoms with Crippen molar-refractivity contribution < 1.29 is 4.79 Å². The van der Waals surface area contributed by atoms with Crippen molar-refractivity contribution >= 4 is 11.6 Å². The van der Waals surface area contributed by atoms with Crippen LogP contribution in [0.1, 0.15) is 51.7 Å². The van der Waals surface area contributed by atoms with Gasteiger partial charge < -0.3 is 9.88 Å². The number of hydrogen-bond acceptors (Lipinski definition) is 2. The Labute approximate surface area is 183 Å². The highest BCUT2D eigenvalue weighted by Gasteiger charge is 2.22. The van der Waals surface area contributed by atoms with Crippen LogP contribution >= 0.6 is 0 Å². The van der Waals surface area contributed by atoms with Crippen molar-refractivity contribution in [2.45, 2.75) is 40.7 Å². The lowest BCUT2D eigenvalue weighted by Gasteiger charge is -2.19. The Hall–Kier alpha value is -3.60. The molecule has 158 valence electrons. The van der Waals surface area contributed by atoms with E-state index in [1.165, 1.54) is 5.56 Å². The first-order chi connectivity index (χ1) is 14.9. The van der Waals surface area contributed by atoms with Crippen molar-refractivity contribution in [3.63, 3.8) is 0 Å². The first-order valence-corrected chi connectivity index (χ1v) is 10.5. The normalized spacial score (nSPS) is 12.0. The summed E-state index contributed by atoms with van der Waals surface area (Å²) in [6.07, 6.45) is 0.